The Hall–Kier alpha value is -1.48. The minimum Gasteiger partial charge on any atom is -0.398 e. The van der Waals surface area contributed by atoms with E-state index >= 15 is 0 Å². The SMILES string of the molecule is Cc1ccc(Nc2cc(Br)ccc2C)cc1N. The lowest BCUT2D eigenvalue weighted by molar-refractivity contribution is 1.40. The normalized spacial score (nSPS) is 10.3. The van der Waals surface area contributed by atoms with Crippen molar-refractivity contribution in [3.05, 3.63) is 52.0 Å². The summed E-state index contributed by atoms with van der Waals surface area (Å²) in [6, 6.07) is 12.2. The summed E-state index contributed by atoms with van der Waals surface area (Å²) in [6.07, 6.45) is 0. The van der Waals surface area contributed by atoms with Crippen LogP contribution < -0.4 is 11.1 Å². The number of aryl methyl sites for hydroxylation is 2. The van der Waals surface area contributed by atoms with Crippen LogP contribution in [0.1, 0.15) is 11.1 Å². The summed E-state index contributed by atoms with van der Waals surface area (Å²) < 4.78 is 1.06. The standard InChI is InChI=1S/C14H15BrN2/c1-9-4-6-12(8-13(9)16)17-14-7-11(15)5-3-10(14)2/h3-8,17H,16H2,1-2H3. The van der Waals surface area contributed by atoms with Gasteiger partial charge in [0.2, 0.25) is 0 Å². The molecule has 0 aliphatic carbocycles. The van der Waals surface area contributed by atoms with E-state index in [-0.39, 0.29) is 0 Å². The Bertz CT molecular complexity index is 550. The summed E-state index contributed by atoms with van der Waals surface area (Å²) in [4.78, 5) is 0. The smallest absolute Gasteiger partial charge is 0.0425 e. The van der Waals surface area contributed by atoms with Crippen LogP contribution in [0.25, 0.3) is 0 Å². The topological polar surface area (TPSA) is 38.0 Å². The molecule has 0 saturated carbocycles. The predicted molar refractivity (Wildman–Crippen MR) is 77.8 cm³/mol. The highest BCUT2D eigenvalue weighted by Gasteiger charge is 2.01. The molecular formula is C14H15BrN2. The summed E-state index contributed by atoms with van der Waals surface area (Å²) in [5.41, 5.74) is 11.1. The molecule has 0 fully saturated rings. The third kappa shape index (κ3) is 2.80. The fourth-order valence-electron chi connectivity index (χ4n) is 1.60. The van der Waals surface area contributed by atoms with Crippen LogP contribution in [0.4, 0.5) is 17.1 Å². The van der Waals surface area contributed by atoms with Crippen LogP contribution in [0.2, 0.25) is 0 Å². The molecule has 0 radical (unpaired) electrons. The van der Waals surface area contributed by atoms with E-state index in [4.69, 9.17) is 5.73 Å². The molecular weight excluding hydrogens is 276 g/mol. The van der Waals surface area contributed by atoms with Crippen molar-refractivity contribution in [1.29, 1.82) is 0 Å². The molecule has 2 rings (SSSR count). The molecule has 0 aromatic heterocycles. The molecule has 0 heterocycles. The molecule has 0 aliphatic heterocycles. The van der Waals surface area contributed by atoms with E-state index in [1.54, 1.807) is 0 Å². The lowest BCUT2D eigenvalue weighted by atomic mass is 10.1. The highest BCUT2D eigenvalue weighted by Crippen LogP contribution is 2.26. The fourth-order valence-corrected chi connectivity index (χ4v) is 1.96. The predicted octanol–water partition coefficient (Wildman–Crippen LogP) is 4.39. The molecule has 88 valence electrons. The van der Waals surface area contributed by atoms with Gasteiger partial charge in [-0.15, -0.1) is 0 Å². The van der Waals surface area contributed by atoms with Gasteiger partial charge in [-0.3, -0.25) is 0 Å². The summed E-state index contributed by atoms with van der Waals surface area (Å²) in [6.45, 7) is 4.08. The molecule has 2 aromatic rings. The van der Waals surface area contributed by atoms with Gasteiger partial charge in [0.25, 0.3) is 0 Å². The first-order valence-corrected chi connectivity index (χ1v) is 6.25. The molecule has 2 nitrogen and oxygen atoms in total. The number of nitrogens with two attached hydrogens (primary N) is 1. The van der Waals surface area contributed by atoms with E-state index in [9.17, 15) is 0 Å². The zero-order valence-corrected chi connectivity index (χ0v) is 11.5. The van der Waals surface area contributed by atoms with Crippen molar-refractivity contribution >= 4 is 33.0 Å². The number of nitrogen functional groups attached to an aromatic ring is 1. The van der Waals surface area contributed by atoms with Crippen molar-refractivity contribution in [2.45, 2.75) is 13.8 Å². The van der Waals surface area contributed by atoms with Crippen molar-refractivity contribution < 1.29 is 0 Å². The number of halogens is 1. The number of rotatable bonds is 2. The van der Waals surface area contributed by atoms with Crippen LogP contribution in [0, 0.1) is 13.8 Å². The van der Waals surface area contributed by atoms with Gasteiger partial charge >= 0.3 is 0 Å². The van der Waals surface area contributed by atoms with Crippen molar-refractivity contribution in [2.75, 3.05) is 11.1 Å². The molecule has 0 aliphatic rings. The Kier molecular flexibility index (Phi) is 3.38. The first kappa shape index (κ1) is 12.0. The third-order valence-electron chi connectivity index (χ3n) is 2.76. The quantitative estimate of drug-likeness (QED) is 0.805. The van der Waals surface area contributed by atoms with E-state index < -0.39 is 0 Å². The van der Waals surface area contributed by atoms with Crippen LogP contribution in [0.15, 0.2) is 40.9 Å². The first-order valence-electron chi connectivity index (χ1n) is 5.45. The van der Waals surface area contributed by atoms with Crippen LogP contribution in [-0.4, -0.2) is 0 Å². The van der Waals surface area contributed by atoms with E-state index in [2.05, 4.69) is 40.3 Å². The monoisotopic (exact) mass is 290 g/mol. The van der Waals surface area contributed by atoms with Crippen LogP contribution in [0.5, 0.6) is 0 Å². The average molecular weight is 291 g/mol. The second-order valence-corrected chi connectivity index (χ2v) is 5.07. The maximum Gasteiger partial charge on any atom is 0.0425 e. The Morgan fingerprint density at radius 1 is 1.00 bits per heavy atom. The summed E-state index contributed by atoms with van der Waals surface area (Å²) in [5, 5.41) is 3.37. The first-order chi connectivity index (χ1) is 8.06. The highest BCUT2D eigenvalue weighted by atomic mass is 79.9. The Morgan fingerprint density at radius 2 is 1.71 bits per heavy atom. The molecule has 0 spiro atoms. The van der Waals surface area contributed by atoms with Gasteiger partial charge in [0.1, 0.15) is 0 Å². The van der Waals surface area contributed by atoms with E-state index in [1.165, 1.54) is 5.56 Å². The lowest BCUT2D eigenvalue weighted by Crippen LogP contribution is -1.96. The highest BCUT2D eigenvalue weighted by molar-refractivity contribution is 9.10. The number of hydrogen-bond donors (Lipinski definition) is 2. The van der Waals surface area contributed by atoms with Crippen LogP contribution in [-0.2, 0) is 0 Å². The Labute approximate surface area is 110 Å². The number of benzene rings is 2. The van der Waals surface area contributed by atoms with Gasteiger partial charge in [-0.1, -0.05) is 28.1 Å². The zero-order valence-electron chi connectivity index (χ0n) is 9.92. The second kappa shape index (κ2) is 4.80. The van der Waals surface area contributed by atoms with Gasteiger partial charge in [-0.05, 0) is 49.2 Å². The van der Waals surface area contributed by atoms with Gasteiger partial charge in [-0.25, -0.2) is 0 Å². The number of hydrogen-bond acceptors (Lipinski definition) is 2. The van der Waals surface area contributed by atoms with E-state index in [1.807, 2.05) is 31.2 Å². The number of anilines is 3. The van der Waals surface area contributed by atoms with E-state index in [0.717, 1.165) is 27.1 Å². The number of nitrogens with one attached hydrogen (secondary N) is 1. The van der Waals surface area contributed by atoms with Crippen molar-refractivity contribution in [2.24, 2.45) is 0 Å². The minimum atomic E-state index is 0.808. The van der Waals surface area contributed by atoms with Crippen molar-refractivity contribution in [3.63, 3.8) is 0 Å². The Balaban J connectivity index is 2.31. The summed E-state index contributed by atoms with van der Waals surface area (Å²) in [7, 11) is 0. The fraction of sp³-hybridized carbons (Fsp3) is 0.143. The molecule has 0 saturated heterocycles. The van der Waals surface area contributed by atoms with Gasteiger partial charge in [0.05, 0.1) is 0 Å². The maximum absolute atomic E-state index is 5.89. The lowest BCUT2D eigenvalue weighted by Gasteiger charge is -2.11. The molecule has 0 bridgehead atoms. The van der Waals surface area contributed by atoms with Crippen LogP contribution in [0.3, 0.4) is 0 Å². The second-order valence-electron chi connectivity index (χ2n) is 4.16. The molecule has 3 N–H and O–H groups in total. The molecule has 0 atom stereocenters. The average Bonchev–Trinajstić information content (AvgIpc) is 2.29. The van der Waals surface area contributed by atoms with Gasteiger partial charge in [0.15, 0.2) is 0 Å². The molecule has 0 amide bonds. The molecule has 2 aromatic carbocycles. The van der Waals surface area contributed by atoms with Crippen molar-refractivity contribution in [1.82, 2.24) is 0 Å². The molecule has 17 heavy (non-hydrogen) atoms. The molecule has 0 unspecified atom stereocenters. The van der Waals surface area contributed by atoms with Gasteiger partial charge in [0, 0.05) is 21.5 Å². The minimum absolute atomic E-state index is 0.808. The van der Waals surface area contributed by atoms with Gasteiger partial charge in [-0.2, -0.15) is 0 Å². The summed E-state index contributed by atoms with van der Waals surface area (Å²) >= 11 is 3.47. The van der Waals surface area contributed by atoms with Crippen molar-refractivity contribution in [3.8, 4) is 0 Å². The van der Waals surface area contributed by atoms with E-state index in [0.29, 0.717) is 0 Å². The van der Waals surface area contributed by atoms with Crippen LogP contribution >= 0.6 is 15.9 Å². The zero-order chi connectivity index (χ0) is 12.4. The maximum atomic E-state index is 5.89. The Morgan fingerprint density at radius 3 is 2.41 bits per heavy atom. The summed E-state index contributed by atoms with van der Waals surface area (Å²) in [5.74, 6) is 0. The largest absolute Gasteiger partial charge is 0.398 e. The van der Waals surface area contributed by atoms with Gasteiger partial charge < -0.3 is 11.1 Å². The third-order valence-corrected chi connectivity index (χ3v) is 3.25. The molecule has 3 heteroatoms.